The number of aryl methyl sites for hydroxylation is 2. The van der Waals surface area contributed by atoms with E-state index in [1.807, 2.05) is 33.8 Å². The van der Waals surface area contributed by atoms with Crippen molar-refractivity contribution in [2.24, 2.45) is 0 Å². The Bertz CT molecular complexity index is 1080. The molecule has 31 heavy (non-hydrogen) atoms. The zero-order chi connectivity index (χ0) is 22.7. The topological polar surface area (TPSA) is 75.3 Å². The third kappa shape index (κ3) is 4.17. The number of rotatable bonds is 6. The van der Waals surface area contributed by atoms with Crippen molar-refractivity contribution in [3.05, 3.63) is 44.6 Å². The lowest BCUT2D eigenvalue weighted by atomic mass is 9.95. The van der Waals surface area contributed by atoms with E-state index in [-0.39, 0.29) is 17.4 Å². The van der Waals surface area contributed by atoms with Crippen LogP contribution in [-0.2, 0) is 22.4 Å². The molecule has 6 nitrogen and oxygen atoms in total. The fraction of sp³-hybridized carbons (Fsp3) is 0.458. The van der Waals surface area contributed by atoms with Gasteiger partial charge in [-0.3, -0.25) is 4.79 Å². The fourth-order valence-corrected chi connectivity index (χ4v) is 5.73. The lowest BCUT2D eigenvalue weighted by Gasteiger charge is -2.17. The van der Waals surface area contributed by atoms with Crippen LogP contribution in [0.15, 0.2) is 11.6 Å². The van der Waals surface area contributed by atoms with Crippen LogP contribution in [0.4, 0.5) is 0 Å². The highest BCUT2D eigenvalue weighted by Gasteiger charge is 2.28. The van der Waals surface area contributed by atoms with Gasteiger partial charge in [0.15, 0.2) is 0 Å². The van der Waals surface area contributed by atoms with Gasteiger partial charge in [-0.1, -0.05) is 0 Å². The third-order valence-corrected chi connectivity index (χ3v) is 7.19. The number of nitrogens with zero attached hydrogens (tertiary/aromatic N) is 3. The molecule has 0 bridgehead atoms. The highest BCUT2D eigenvalue weighted by atomic mass is 32.1. The van der Waals surface area contributed by atoms with Gasteiger partial charge in [-0.05, 0) is 76.6 Å². The third-order valence-electron chi connectivity index (χ3n) is 5.92. The van der Waals surface area contributed by atoms with E-state index in [2.05, 4.69) is 10.6 Å². The molecule has 2 heterocycles. The number of likely N-dealkylation sites (N-methyl/N-ethyl adjacent to an activating group) is 1. The van der Waals surface area contributed by atoms with Crippen molar-refractivity contribution in [3.63, 3.8) is 0 Å². The maximum absolute atomic E-state index is 12.7. The van der Waals surface area contributed by atoms with Crippen molar-refractivity contribution < 1.29 is 14.3 Å². The van der Waals surface area contributed by atoms with Gasteiger partial charge in [0, 0.05) is 29.4 Å². The predicted molar refractivity (Wildman–Crippen MR) is 123 cm³/mol. The zero-order valence-electron chi connectivity index (χ0n) is 18.9. The molecule has 2 aromatic heterocycles. The second-order valence-corrected chi connectivity index (χ2v) is 8.78. The lowest BCUT2D eigenvalue weighted by Crippen LogP contribution is -2.31. The van der Waals surface area contributed by atoms with Gasteiger partial charge in [0.25, 0.3) is 5.91 Å². The molecule has 0 saturated carbocycles. The minimum absolute atomic E-state index is 0.114. The Hall–Kier alpha value is -2.85. The van der Waals surface area contributed by atoms with Gasteiger partial charge in [0.05, 0.1) is 12.7 Å². The molecular weight excluding hydrogens is 410 g/mol. The maximum atomic E-state index is 12.7. The van der Waals surface area contributed by atoms with Crippen LogP contribution in [0.1, 0.15) is 64.4 Å². The van der Waals surface area contributed by atoms with Gasteiger partial charge in [0.2, 0.25) is 0 Å². The van der Waals surface area contributed by atoms with Gasteiger partial charge >= 0.3 is 5.97 Å². The number of thiophene rings is 1. The van der Waals surface area contributed by atoms with Crippen molar-refractivity contribution in [3.8, 4) is 11.1 Å². The number of nitriles is 1. The highest BCUT2D eigenvalue weighted by molar-refractivity contribution is 7.15. The standard InChI is InChI=1S/C24H29N3O3S/c1-6-26(7-2)22(28)18(14-25)13-17-12-15(3)27(16(17)4)23-21(24(29)30-5)19-10-8-9-11-20(19)31-23/h12-13H,6-11H2,1-5H3/b18-13-. The summed E-state index contributed by atoms with van der Waals surface area (Å²) in [5, 5.41) is 10.5. The van der Waals surface area contributed by atoms with Crippen LogP contribution in [0.3, 0.4) is 0 Å². The quantitative estimate of drug-likeness (QED) is 0.375. The molecule has 1 amide bonds. The molecule has 0 radical (unpaired) electrons. The Kier molecular flexibility index (Phi) is 7.01. The van der Waals surface area contributed by atoms with Crippen LogP contribution in [0.2, 0.25) is 0 Å². The number of carbonyl (C=O) groups excluding carboxylic acids is 2. The van der Waals surface area contributed by atoms with Gasteiger partial charge in [0.1, 0.15) is 16.6 Å². The van der Waals surface area contributed by atoms with Gasteiger partial charge < -0.3 is 14.2 Å². The number of hydrogen-bond donors (Lipinski definition) is 0. The monoisotopic (exact) mass is 439 g/mol. The van der Waals surface area contributed by atoms with Crippen molar-refractivity contribution in [1.29, 1.82) is 5.26 Å². The largest absolute Gasteiger partial charge is 0.465 e. The molecule has 0 N–H and O–H groups in total. The number of fused-ring (bicyclic) bond motifs is 1. The van der Waals surface area contributed by atoms with Crippen LogP contribution in [0, 0.1) is 25.2 Å². The second-order valence-electron chi connectivity index (χ2n) is 7.69. The van der Waals surface area contributed by atoms with Crippen LogP contribution in [0.5, 0.6) is 0 Å². The number of methoxy groups -OCH3 is 1. The molecular formula is C24H29N3O3S. The van der Waals surface area contributed by atoms with E-state index in [0.29, 0.717) is 18.7 Å². The number of hydrogen-bond acceptors (Lipinski definition) is 5. The number of aromatic nitrogens is 1. The Morgan fingerprint density at radius 1 is 1.26 bits per heavy atom. The van der Waals surface area contributed by atoms with Crippen LogP contribution < -0.4 is 0 Å². The zero-order valence-corrected chi connectivity index (χ0v) is 19.7. The van der Waals surface area contributed by atoms with Crippen LogP contribution >= 0.6 is 11.3 Å². The molecule has 0 saturated heterocycles. The summed E-state index contributed by atoms with van der Waals surface area (Å²) < 4.78 is 7.18. The van der Waals surface area contributed by atoms with Crippen molar-refractivity contribution in [2.75, 3.05) is 20.2 Å². The number of amides is 1. The molecule has 3 rings (SSSR count). The molecule has 0 spiro atoms. The Morgan fingerprint density at radius 3 is 2.55 bits per heavy atom. The first kappa shape index (κ1) is 22.8. The first-order chi connectivity index (χ1) is 14.9. The Labute approximate surface area is 187 Å². The molecule has 2 aromatic rings. The summed E-state index contributed by atoms with van der Waals surface area (Å²) in [6.07, 6.45) is 5.73. The van der Waals surface area contributed by atoms with Gasteiger partial charge in [-0.15, -0.1) is 11.3 Å². The number of ether oxygens (including phenoxy) is 1. The SMILES string of the molecule is CCN(CC)C(=O)/C(C#N)=C\c1cc(C)n(-c2sc3c(c2C(=O)OC)CCCC3)c1C. The van der Waals surface area contributed by atoms with Crippen molar-refractivity contribution in [2.45, 2.75) is 53.4 Å². The second kappa shape index (κ2) is 9.52. The predicted octanol–water partition coefficient (Wildman–Crippen LogP) is 4.60. The summed E-state index contributed by atoms with van der Waals surface area (Å²) >= 11 is 1.64. The molecule has 7 heteroatoms. The summed E-state index contributed by atoms with van der Waals surface area (Å²) in [6, 6.07) is 4.02. The van der Waals surface area contributed by atoms with Crippen molar-refractivity contribution >= 4 is 29.3 Å². The van der Waals surface area contributed by atoms with Crippen molar-refractivity contribution in [1.82, 2.24) is 9.47 Å². The molecule has 0 aromatic carbocycles. The average molecular weight is 440 g/mol. The van der Waals surface area contributed by atoms with Crippen LogP contribution in [-0.4, -0.2) is 41.5 Å². The van der Waals surface area contributed by atoms with E-state index in [1.54, 1.807) is 22.3 Å². The molecule has 0 fully saturated rings. The van der Waals surface area contributed by atoms with E-state index >= 15 is 0 Å². The van der Waals surface area contributed by atoms with E-state index in [4.69, 9.17) is 4.74 Å². The molecule has 164 valence electrons. The molecule has 0 atom stereocenters. The van der Waals surface area contributed by atoms with E-state index in [9.17, 15) is 14.9 Å². The van der Waals surface area contributed by atoms with Gasteiger partial charge in [-0.25, -0.2) is 4.79 Å². The van der Waals surface area contributed by atoms with E-state index in [1.165, 1.54) is 12.0 Å². The van der Waals surface area contributed by atoms with E-state index in [0.717, 1.165) is 53.2 Å². The summed E-state index contributed by atoms with van der Waals surface area (Å²) in [7, 11) is 1.42. The van der Waals surface area contributed by atoms with E-state index < -0.39 is 0 Å². The number of carbonyl (C=O) groups is 2. The average Bonchev–Trinajstić information content (AvgIpc) is 3.28. The normalized spacial score (nSPS) is 13.5. The lowest BCUT2D eigenvalue weighted by molar-refractivity contribution is -0.126. The number of esters is 1. The first-order valence-electron chi connectivity index (χ1n) is 10.7. The Balaban J connectivity index is 2.13. The fourth-order valence-electron chi connectivity index (χ4n) is 4.25. The molecule has 0 aliphatic heterocycles. The Morgan fingerprint density at radius 2 is 1.94 bits per heavy atom. The summed E-state index contributed by atoms with van der Waals surface area (Å²) in [4.78, 5) is 28.3. The van der Waals surface area contributed by atoms with Crippen LogP contribution in [0.25, 0.3) is 11.1 Å². The molecule has 1 aliphatic carbocycles. The maximum Gasteiger partial charge on any atom is 0.341 e. The minimum atomic E-state index is -0.312. The highest BCUT2D eigenvalue weighted by Crippen LogP contribution is 2.39. The summed E-state index contributed by atoms with van der Waals surface area (Å²) in [5.41, 5.74) is 4.51. The summed E-state index contributed by atoms with van der Waals surface area (Å²) in [6.45, 7) is 8.83. The molecule has 1 aliphatic rings. The molecule has 0 unspecified atom stereocenters. The summed E-state index contributed by atoms with van der Waals surface area (Å²) in [5.74, 6) is -0.576. The minimum Gasteiger partial charge on any atom is -0.465 e. The van der Waals surface area contributed by atoms with Gasteiger partial charge in [-0.2, -0.15) is 5.26 Å². The first-order valence-corrected chi connectivity index (χ1v) is 11.5. The smallest absolute Gasteiger partial charge is 0.341 e.